The summed E-state index contributed by atoms with van der Waals surface area (Å²) in [5.41, 5.74) is 1.32. The van der Waals surface area contributed by atoms with Crippen LogP contribution in [0.4, 0.5) is 0 Å². The summed E-state index contributed by atoms with van der Waals surface area (Å²) in [6, 6.07) is 13.2. The van der Waals surface area contributed by atoms with E-state index in [-0.39, 0.29) is 0 Å². The van der Waals surface area contributed by atoms with Gasteiger partial charge in [0.1, 0.15) is 5.75 Å². The van der Waals surface area contributed by atoms with Crippen molar-refractivity contribution in [3.63, 3.8) is 0 Å². The van der Waals surface area contributed by atoms with Gasteiger partial charge in [0.15, 0.2) is 0 Å². The van der Waals surface area contributed by atoms with Crippen molar-refractivity contribution in [3.8, 4) is 5.75 Å². The second-order valence-electron chi connectivity index (χ2n) is 4.59. The third kappa shape index (κ3) is 4.37. The van der Waals surface area contributed by atoms with Crippen LogP contribution < -0.4 is 10.1 Å². The highest BCUT2D eigenvalue weighted by Gasteiger charge is 2.10. The van der Waals surface area contributed by atoms with Gasteiger partial charge >= 0.3 is 0 Å². The largest absolute Gasteiger partial charge is 0.497 e. The molecule has 0 aliphatic rings. The molecular weight excluding hydrogens is 254 g/mol. The Labute approximate surface area is 119 Å². The van der Waals surface area contributed by atoms with E-state index in [9.17, 15) is 0 Å². The molecule has 1 N–H and O–H groups in total. The highest BCUT2D eigenvalue weighted by Crippen LogP contribution is 2.17. The number of hydrogen-bond donors (Lipinski definition) is 1. The van der Waals surface area contributed by atoms with Gasteiger partial charge in [-0.3, -0.25) is 0 Å². The fourth-order valence-corrected chi connectivity index (χ4v) is 3.05. The molecule has 0 aliphatic carbocycles. The molecule has 1 unspecified atom stereocenters. The van der Waals surface area contributed by atoms with Crippen molar-refractivity contribution in [1.82, 2.24) is 5.32 Å². The molecule has 0 saturated carbocycles. The summed E-state index contributed by atoms with van der Waals surface area (Å²) in [7, 11) is 1.71. The smallest absolute Gasteiger partial charge is 0.119 e. The lowest BCUT2D eigenvalue weighted by atomic mass is 10.0. The van der Waals surface area contributed by atoms with E-state index in [2.05, 4.69) is 48.0 Å². The van der Waals surface area contributed by atoms with Crippen molar-refractivity contribution >= 4 is 11.3 Å². The molecule has 0 aliphatic heterocycles. The minimum atomic E-state index is 0.482. The predicted molar refractivity (Wildman–Crippen MR) is 82.2 cm³/mol. The van der Waals surface area contributed by atoms with Crippen LogP contribution in [0.1, 0.15) is 17.4 Å². The van der Waals surface area contributed by atoms with E-state index in [1.165, 1.54) is 10.4 Å². The SMILES string of the molecule is CCNC(Cc1cccc(OC)c1)Cc1cccs1. The van der Waals surface area contributed by atoms with Gasteiger partial charge in [0.2, 0.25) is 0 Å². The molecule has 2 rings (SSSR count). The van der Waals surface area contributed by atoms with Crippen LogP contribution in [0.2, 0.25) is 0 Å². The molecule has 2 nitrogen and oxygen atoms in total. The fraction of sp³-hybridized carbons (Fsp3) is 0.375. The Hall–Kier alpha value is -1.32. The van der Waals surface area contributed by atoms with Crippen LogP contribution in [0.3, 0.4) is 0 Å². The Morgan fingerprint density at radius 1 is 1.21 bits per heavy atom. The molecule has 0 spiro atoms. The van der Waals surface area contributed by atoms with Gasteiger partial charge in [-0.25, -0.2) is 0 Å². The molecule has 2 aromatic rings. The Balaban J connectivity index is 2.02. The first-order valence-electron chi connectivity index (χ1n) is 6.70. The van der Waals surface area contributed by atoms with Gasteiger partial charge in [0, 0.05) is 10.9 Å². The number of hydrogen-bond acceptors (Lipinski definition) is 3. The monoisotopic (exact) mass is 275 g/mol. The van der Waals surface area contributed by atoms with Crippen molar-refractivity contribution in [2.75, 3.05) is 13.7 Å². The van der Waals surface area contributed by atoms with Gasteiger partial charge in [0.25, 0.3) is 0 Å². The van der Waals surface area contributed by atoms with E-state index >= 15 is 0 Å². The minimum Gasteiger partial charge on any atom is -0.497 e. The average Bonchev–Trinajstić information content (AvgIpc) is 2.92. The predicted octanol–water partition coefficient (Wildman–Crippen LogP) is 3.52. The average molecular weight is 275 g/mol. The molecule has 1 atom stereocenters. The maximum absolute atomic E-state index is 5.28. The lowest BCUT2D eigenvalue weighted by Crippen LogP contribution is -2.32. The summed E-state index contributed by atoms with van der Waals surface area (Å²) in [5, 5.41) is 5.72. The number of benzene rings is 1. The molecule has 102 valence electrons. The number of ether oxygens (including phenoxy) is 1. The minimum absolute atomic E-state index is 0.482. The molecule has 1 heterocycles. The van der Waals surface area contributed by atoms with E-state index in [1.54, 1.807) is 7.11 Å². The van der Waals surface area contributed by atoms with Crippen LogP contribution >= 0.6 is 11.3 Å². The van der Waals surface area contributed by atoms with E-state index in [4.69, 9.17) is 4.74 Å². The Morgan fingerprint density at radius 3 is 2.79 bits per heavy atom. The molecule has 19 heavy (non-hydrogen) atoms. The van der Waals surface area contributed by atoms with E-state index in [1.807, 2.05) is 17.4 Å². The van der Waals surface area contributed by atoms with Crippen molar-refractivity contribution in [2.24, 2.45) is 0 Å². The number of nitrogens with one attached hydrogen (secondary N) is 1. The van der Waals surface area contributed by atoms with Crippen molar-refractivity contribution < 1.29 is 4.74 Å². The van der Waals surface area contributed by atoms with E-state index in [0.717, 1.165) is 25.1 Å². The van der Waals surface area contributed by atoms with Crippen molar-refractivity contribution in [1.29, 1.82) is 0 Å². The van der Waals surface area contributed by atoms with Gasteiger partial charge in [-0.15, -0.1) is 11.3 Å². The van der Waals surface area contributed by atoms with Crippen LogP contribution in [-0.2, 0) is 12.8 Å². The summed E-state index contributed by atoms with van der Waals surface area (Å²) in [6.07, 6.45) is 2.12. The van der Waals surface area contributed by atoms with Crippen LogP contribution in [0, 0.1) is 0 Å². The lowest BCUT2D eigenvalue weighted by molar-refractivity contribution is 0.413. The Morgan fingerprint density at radius 2 is 2.11 bits per heavy atom. The van der Waals surface area contributed by atoms with Crippen molar-refractivity contribution in [3.05, 3.63) is 52.2 Å². The molecule has 3 heteroatoms. The van der Waals surface area contributed by atoms with Gasteiger partial charge in [0.05, 0.1) is 7.11 Å². The van der Waals surface area contributed by atoms with Crippen LogP contribution in [-0.4, -0.2) is 19.7 Å². The lowest BCUT2D eigenvalue weighted by Gasteiger charge is -2.17. The van der Waals surface area contributed by atoms with E-state index < -0.39 is 0 Å². The molecule has 1 aromatic heterocycles. The second-order valence-corrected chi connectivity index (χ2v) is 5.63. The first-order chi connectivity index (χ1) is 9.31. The third-order valence-electron chi connectivity index (χ3n) is 3.14. The van der Waals surface area contributed by atoms with Crippen molar-refractivity contribution in [2.45, 2.75) is 25.8 Å². The normalized spacial score (nSPS) is 12.3. The topological polar surface area (TPSA) is 21.3 Å². The van der Waals surface area contributed by atoms with Crippen LogP contribution in [0.5, 0.6) is 5.75 Å². The summed E-state index contributed by atoms with van der Waals surface area (Å²) in [6.45, 7) is 3.16. The number of thiophene rings is 1. The first kappa shape index (κ1) is 14.1. The zero-order valence-corrected chi connectivity index (χ0v) is 12.4. The summed E-state index contributed by atoms with van der Waals surface area (Å²) in [4.78, 5) is 1.44. The fourth-order valence-electron chi connectivity index (χ4n) is 2.26. The number of methoxy groups -OCH3 is 1. The zero-order chi connectivity index (χ0) is 13.5. The molecule has 1 aromatic carbocycles. The second kappa shape index (κ2) is 7.31. The van der Waals surface area contributed by atoms with Gasteiger partial charge < -0.3 is 10.1 Å². The van der Waals surface area contributed by atoms with Gasteiger partial charge in [-0.2, -0.15) is 0 Å². The van der Waals surface area contributed by atoms with E-state index in [0.29, 0.717) is 6.04 Å². The molecule has 0 radical (unpaired) electrons. The maximum atomic E-state index is 5.28. The molecule has 0 bridgehead atoms. The first-order valence-corrected chi connectivity index (χ1v) is 7.58. The quantitative estimate of drug-likeness (QED) is 0.835. The van der Waals surface area contributed by atoms with Crippen LogP contribution in [0.25, 0.3) is 0 Å². The Kier molecular flexibility index (Phi) is 5.43. The summed E-state index contributed by atoms with van der Waals surface area (Å²) >= 11 is 1.83. The van der Waals surface area contributed by atoms with Gasteiger partial charge in [-0.05, 0) is 48.5 Å². The molecule has 0 amide bonds. The number of rotatable bonds is 7. The highest BCUT2D eigenvalue weighted by atomic mass is 32.1. The standard InChI is InChI=1S/C16H21NOS/c1-3-17-14(12-16-8-5-9-19-16)10-13-6-4-7-15(11-13)18-2/h4-9,11,14,17H,3,10,12H2,1-2H3. The molecule has 0 saturated heterocycles. The molecular formula is C16H21NOS. The van der Waals surface area contributed by atoms with Crippen LogP contribution in [0.15, 0.2) is 41.8 Å². The summed E-state index contributed by atoms with van der Waals surface area (Å²) in [5.74, 6) is 0.934. The summed E-state index contributed by atoms with van der Waals surface area (Å²) < 4.78 is 5.28. The molecule has 0 fully saturated rings. The zero-order valence-electron chi connectivity index (χ0n) is 11.6. The van der Waals surface area contributed by atoms with Gasteiger partial charge in [-0.1, -0.05) is 25.1 Å². The number of likely N-dealkylation sites (N-methyl/N-ethyl adjacent to an activating group) is 1. The third-order valence-corrected chi connectivity index (χ3v) is 4.04. The Bertz CT molecular complexity index is 481. The highest BCUT2D eigenvalue weighted by molar-refractivity contribution is 7.09. The maximum Gasteiger partial charge on any atom is 0.119 e.